The molecule has 6 nitrogen and oxygen atoms in total. The highest BCUT2D eigenvalue weighted by Crippen LogP contribution is 2.30. The van der Waals surface area contributed by atoms with Gasteiger partial charge in [0.25, 0.3) is 0 Å². The average molecular weight is 278 g/mol. The molecule has 1 fully saturated rings. The zero-order valence-corrected chi connectivity index (χ0v) is 10.2. The predicted octanol–water partition coefficient (Wildman–Crippen LogP) is 1.95. The second-order valence-corrected chi connectivity index (χ2v) is 4.30. The van der Waals surface area contributed by atoms with E-state index < -0.39 is 24.9 Å². The van der Waals surface area contributed by atoms with E-state index in [2.05, 4.69) is 19.9 Å². The van der Waals surface area contributed by atoms with Gasteiger partial charge in [0, 0.05) is 6.54 Å². The van der Waals surface area contributed by atoms with Crippen molar-refractivity contribution in [3.8, 4) is 0 Å². The summed E-state index contributed by atoms with van der Waals surface area (Å²) >= 11 is 0. The third-order valence-corrected chi connectivity index (χ3v) is 2.76. The Bertz CT molecular complexity index is 460. The van der Waals surface area contributed by atoms with Crippen LogP contribution in [0.2, 0.25) is 0 Å². The normalized spacial score (nSPS) is 19.8. The van der Waals surface area contributed by atoms with Crippen molar-refractivity contribution >= 4 is 6.09 Å². The van der Waals surface area contributed by atoms with Crippen LogP contribution in [0.3, 0.4) is 0 Å². The Balaban J connectivity index is 2.00. The van der Waals surface area contributed by atoms with Gasteiger partial charge in [0.2, 0.25) is 0 Å². The molecule has 1 atom stereocenters. The van der Waals surface area contributed by atoms with Crippen molar-refractivity contribution in [2.24, 2.45) is 0 Å². The van der Waals surface area contributed by atoms with Gasteiger partial charge in [-0.3, -0.25) is 10.00 Å². The summed E-state index contributed by atoms with van der Waals surface area (Å²) in [5, 5.41) is 6.57. The van der Waals surface area contributed by atoms with Crippen LogP contribution in [-0.2, 0) is 4.74 Å². The van der Waals surface area contributed by atoms with Crippen LogP contribution in [0.4, 0.5) is 18.0 Å². The van der Waals surface area contributed by atoms with E-state index in [1.54, 1.807) is 6.92 Å². The second-order valence-electron chi connectivity index (χ2n) is 4.30. The minimum Gasteiger partial charge on any atom is -0.440 e. The van der Waals surface area contributed by atoms with Crippen molar-refractivity contribution in [2.45, 2.75) is 32.0 Å². The molecule has 1 aliphatic rings. The third kappa shape index (κ3) is 3.36. The number of aryl methyl sites for hydroxylation is 1. The van der Waals surface area contributed by atoms with Crippen molar-refractivity contribution in [3.05, 3.63) is 11.6 Å². The first-order chi connectivity index (χ1) is 8.87. The minimum absolute atomic E-state index is 0.342. The smallest absolute Gasteiger partial charge is 0.422 e. The fraction of sp³-hybridized carbons (Fsp3) is 0.700. The van der Waals surface area contributed by atoms with Crippen LogP contribution < -0.4 is 0 Å². The van der Waals surface area contributed by atoms with Crippen LogP contribution in [0.5, 0.6) is 0 Å². The number of nitrogens with zero attached hydrogens (tertiary/aromatic N) is 3. The molecule has 1 amide bonds. The van der Waals surface area contributed by atoms with E-state index in [0.29, 0.717) is 31.0 Å². The first-order valence-electron chi connectivity index (χ1n) is 5.76. The second kappa shape index (κ2) is 5.06. The van der Waals surface area contributed by atoms with E-state index in [-0.39, 0.29) is 0 Å². The van der Waals surface area contributed by atoms with E-state index in [0.717, 1.165) is 0 Å². The number of aromatic amines is 1. The Hall–Kier alpha value is -1.80. The van der Waals surface area contributed by atoms with Gasteiger partial charge in [0.1, 0.15) is 5.82 Å². The molecule has 0 radical (unpaired) electrons. The van der Waals surface area contributed by atoms with Crippen molar-refractivity contribution in [2.75, 3.05) is 13.2 Å². The molecule has 0 bridgehead atoms. The van der Waals surface area contributed by atoms with Gasteiger partial charge in [-0.15, -0.1) is 0 Å². The van der Waals surface area contributed by atoms with Gasteiger partial charge in [0.15, 0.2) is 12.4 Å². The number of likely N-dealkylation sites (tertiary alicyclic amines) is 1. The van der Waals surface area contributed by atoms with Crippen molar-refractivity contribution in [1.29, 1.82) is 0 Å². The number of rotatable bonds is 2. The average Bonchev–Trinajstić information content (AvgIpc) is 2.92. The molecule has 2 rings (SSSR count). The fourth-order valence-electron chi connectivity index (χ4n) is 1.99. The Morgan fingerprint density at radius 3 is 2.89 bits per heavy atom. The number of hydrogen-bond acceptors (Lipinski definition) is 4. The molecule has 106 valence electrons. The summed E-state index contributed by atoms with van der Waals surface area (Å²) in [5.41, 5.74) is 0. The monoisotopic (exact) mass is 278 g/mol. The number of alkyl halides is 3. The van der Waals surface area contributed by atoms with Crippen LogP contribution in [0, 0.1) is 6.92 Å². The summed E-state index contributed by atoms with van der Waals surface area (Å²) in [4.78, 5) is 16.9. The Labute approximate surface area is 106 Å². The number of carbonyl (C=O) groups is 1. The molecule has 0 spiro atoms. The van der Waals surface area contributed by atoms with Crippen LogP contribution in [0.1, 0.15) is 30.5 Å². The number of aromatic nitrogens is 3. The lowest BCUT2D eigenvalue weighted by Gasteiger charge is -2.22. The third-order valence-electron chi connectivity index (χ3n) is 2.76. The highest BCUT2D eigenvalue weighted by atomic mass is 19.4. The largest absolute Gasteiger partial charge is 0.440 e. The van der Waals surface area contributed by atoms with Crippen LogP contribution in [-0.4, -0.2) is 45.5 Å². The minimum atomic E-state index is -4.52. The van der Waals surface area contributed by atoms with E-state index in [1.165, 1.54) is 4.90 Å². The van der Waals surface area contributed by atoms with Gasteiger partial charge >= 0.3 is 12.3 Å². The number of hydrogen-bond donors (Lipinski definition) is 1. The SMILES string of the molecule is Cc1nc([C@H]2CCCN2C(=O)OCC(F)(F)F)n[nH]1. The Kier molecular flexibility index (Phi) is 3.63. The van der Waals surface area contributed by atoms with Gasteiger partial charge in [-0.05, 0) is 19.8 Å². The molecule has 0 aromatic carbocycles. The molecule has 1 N–H and O–H groups in total. The van der Waals surface area contributed by atoms with Crippen LogP contribution >= 0.6 is 0 Å². The molecule has 0 saturated carbocycles. The van der Waals surface area contributed by atoms with Gasteiger partial charge in [-0.25, -0.2) is 9.78 Å². The quantitative estimate of drug-likeness (QED) is 0.897. The summed E-state index contributed by atoms with van der Waals surface area (Å²) in [6.07, 6.45) is -4.22. The molecule has 9 heteroatoms. The number of carbonyl (C=O) groups excluding carboxylic acids is 1. The zero-order valence-electron chi connectivity index (χ0n) is 10.2. The summed E-state index contributed by atoms with van der Waals surface area (Å²) < 4.78 is 40.2. The lowest BCUT2D eigenvalue weighted by Crippen LogP contribution is -2.34. The first-order valence-corrected chi connectivity index (χ1v) is 5.76. The van der Waals surface area contributed by atoms with Crippen molar-refractivity contribution in [1.82, 2.24) is 20.1 Å². The summed E-state index contributed by atoms with van der Waals surface area (Å²) in [6.45, 7) is 0.467. The zero-order chi connectivity index (χ0) is 14.0. The predicted molar refractivity (Wildman–Crippen MR) is 57.2 cm³/mol. The number of amides is 1. The molecule has 1 aromatic heterocycles. The van der Waals surface area contributed by atoms with E-state index >= 15 is 0 Å². The summed E-state index contributed by atoms with van der Waals surface area (Å²) in [7, 11) is 0. The lowest BCUT2D eigenvalue weighted by molar-refractivity contribution is -0.162. The molecule has 0 aliphatic carbocycles. The standard InChI is InChI=1S/C10H13F3N4O2/c1-6-14-8(16-15-6)7-3-2-4-17(7)9(18)19-5-10(11,12)13/h7H,2-5H2,1H3,(H,14,15,16)/t7-/m1/s1. The molecular weight excluding hydrogens is 265 g/mol. The number of H-pyrrole nitrogens is 1. The number of halogens is 3. The highest BCUT2D eigenvalue weighted by molar-refractivity contribution is 5.68. The fourth-order valence-corrected chi connectivity index (χ4v) is 1.99. The Morgan fingerprint density at radius 1 is 1.58 bits per heavy atom. The van der Waals surface area contributed by atoms with E-state index in [4.69, 9.17) is 0 Å². The molecule has 1 aromatic rings. The summed E-state index contributed by atoms with van der Waals surface area (Å²) in [5.74, 6) is 0.990. The Morgan fingerprint density at radius 2 is 2.32 bits per heavy atom. The van der Waals surface area contributed by atoms with Crippen molar-refractivity contribution < 1.29 is 22.7 Å². The molecule has 0 unspecified atom stereocenters. The van der Waals surface area contributed by atoms with Crippen LogP contribution in [0.15, 0.2) is 0 Å². The van der Waals surface area contributed by atoms with E-state index in [1.807, 2.05) is 0 Å². The number of nitrogens with one attached hydrogen (secondary N) is 1. The maximum absolute atomic E-state index is 12.0. The molecule has 1 saturated heterocycles. The van der Waals surface area contributed by atoms with Gasteiger partial charge < -0.3 is 4.74 Å². The van der Waals surface area contributed by atoms with Crippen molar-refractivity contribution in [3.63, 3.8) is 0 Å². The topological polar surface area (TPSA) is 71.1 Å². The van der Waals surface area contributed by atoms with Gasteiger partial charge in [-0.2, -0.15) is 18.3 Å². The van der Waals surface area contributed by atoms with Crippen LogP contribution in [0.25, 0.3) is 0 Å². The number of ether oxygens (including phenoxy) is 1. The first kappa shape index (κ1) is 13.6. The van der Waals surface area contributed by atoms with Gasteiger partial charge in [-0.1, -0.05) is 0 Å². The maximum atomic E-state index is 12.0. The van der Waals surface area contributed by atoms with Gasteiger partial charge in [0.05, 0.1) is 6.04 Å². The molecule has 2 heterocycles. The highest BCUT2D eigenvalue weighted by Gasteiger charge is 2.36. The molecular formula is C10H13F3N4O2. The maximum Gasteiger partial charge on any atom is 0.422 e. The van der Waals surface area contributed by atoms with E-state index in [9.17, 15) is 18.0 Å². The lowest BCUT2D eigenvalue weighted by atomic mass is 10.2. The molecule has 19 heavy (non-hydrogen) atoms. The summed E-state index contributed by atoms with van der Waals surface area (Å²) in [6, 6.07) is -0.425. The molecule has 1 aliphatic heterocycles.